The summed E-state index contributed by atoms with van der Waals surface area (Å²) in [4.78, 5) is 8.69. The minimum Gasteiger partial charge on any atom is -0.492 e. The standard InChI is InChI=1S/C21H23ClN4O.3ClH/c1-14(2)26-21(23)15-3-6-17(7-4-15)27-12-11-25-19-9-10-24-20-13-16(22)5-8-18(19)20;;;/h3-10,13-14H,11-12H2,1-2H3,(H2,23,26)(H,24,25);3*1H. The number of nitrogens with zero attached hydrogens (tertiary/aromatic N) is 2. The van der Waals surface area contributed by atoms with E-state index in [9.17, 15) is 0 Å². The van der Waals surface area contributed by atoms with Crippen molar-refractivity contribution in [2.45, 2.75) is 19.9 Å². The lowest BCUT2D eigenvalue weighted by molar-refractivity contribution is 0.333. The van der Waals surface area contributed by atoms with Gasteiger partial charge in [-0.15, -0.1) is 37.2 Å². The number of aromatic nitrogens is 1. The molecule has 0 spiro atoms. The maximum absolute atomic E-state index is 6.03. The number of hydrogen-bond donors (Lipinski definition) is 2. The number of nitrogens with two attached hydrogens (primary N) is 1. The van der Waals surface area contributed by atoms with Crippen molar-refractivity contribution < 1.29 is 4.74 Å². The third kappa shape index (κ3) is 7.73. The molecule has 5 nitrogen and oxygen atoms in total. The van der Waals surface area contributed by atoms with Gasteiger partial charge in [0.25, 0.3) is 0 Å². The van der Waals surface area contributed by atoms with E-state index >= 15 is 0 Å². The summed E-state index contributed by atoms with van der Waals surface area (Å²) < 4.78 is 5.79. The van der Waals surface area contributed by atoms with Gasteiger partial charge in [-0.25, -0.2) is 0 Å². The van der Waals surface area contributed by atoms with Crippen molar-refractivity contribution in [1.29, 1.82) is 0 Å². The summed E-state index contributed by atoms with van der Waals surface area (Å²) in [7, 11) is 0. The molecule has 0 saturated heterocycles. The zero-order valence-corrected chi connectivity index (χ0v) is 19.9. The van der Waals surface area contributed by atoms with Crippen LogP contribution in [0.1, 0.15) is 19.4 Å². The van der Waals surface area contributed by atoms with E-state index in [0.29, 0.717) is 24.0 Å². The highest BCUT2D eigenvalue weighted by molar-refractivity contribution is 6.31. The Morgan fingerprint density at radius 1 is 1.10 bits per heavy atom. The van der Waals surface area contributed by atoms with Gasteiger partial charge in [-0.05, 0) is 62.4 Å². The number of rotatable bonds is 7. The smallest absolute Gasteiger partial charge is 0.125 e. The highest BCUT2D eigenvalue weighted by Gasteiger charge is 2.03. The van der Waals surface area contributed by atoms with E-state index in [-0.39, 0.29) is 43.3 Å². The second kappa shape index (κ2) is 13.4. The molecular formula is C21H26Cl4N4O. The average Bonchev–Trinajstić information content (AvgIpc) is 2.65. The predicted molar refractivity (Wildman–Crippen MR) is 135 cm³/mol. The number of anilines is 1. The number of ether oxygens (including phenoxy) is 1. The van der Waals surface area contributed by atoms with Crippen molar-refractivity contribution in [3.05, 3.63) is 65.3 Å². The Morgan fingerprint density at radius 2 is 1.80 bits per heavy atom. The second-order valence-electron chi connectivity index (χ2n) is 6.43. The first-order valence-electron chi connectivity index (χ1n) is 8.87. The fourth-order valence-corrected chi connectivity index (χ4v) is 2.87. The second-order valence-corrected chi connectivity index (χ2v) is 6.86. The van der Waals surface area contributed by atoms with Crippen LogP contribution in [-0.2, 0) is 0 Å². The Balaban J connectivity index is 0.00000280. The van der Waals surface area contributed by atoms with Crippen LogP contribution in [-0.4, -0.2) is 30.0 Å². The summed E-state index contributed by atoms with van der Waals surface area (Å²) in [5.41, 5.74) is 8.74. The van der Waals surface area contributed by atoms with Crippen molar-refractivity contribution >= 4 is 71.2 Å². The number of nitrogens with one attached hydrogen (secondary N) is 1. The van der Waals surface area contributed by atoms with Crippen LogP contribution in [0.2, 0.25) is 5.02 Å². The first-order valence-corrected chi connectivity index (χ1v) is 9.25. The molecule has 0 radical (unpaired) electrons. The topological polar surface area (TPSA) is 72.5 Å². The molecule has 30 heavy (non-hydrogen) atoms. The molecule has 2 aromatic carbocycles. The van der Waals surface area contributed by atoms with Gasteiger partial charge in [-0.3, -0.25) is 9.98 Å². The molecule has 9 heteroatoms. The molecule has 3 aromatic rings. The molecule has 0 bridgehead atoms. The van der Waals surface area contributed by atoms with Crippen molar-refractivity contribution in [1.82, 2.24) is 4.98 Å². The molecule has 3 rings (SSSR count). The van der Waals surface area contributed by atoms with E-state index in [1.807, 2.05) is 62.4 Å². The number of fused-ring (bicyclic) bond motifs is 1. The monoisotopic (exact) mass is 490 g/mol. The highest BCUT2D eigenvalue weighted by Crippen LogP contribution is 2.24. The molecule has 3 N–H and O–H groups in total. The molecule has 0 amide bonds. The van der Waals surface area contributed by atoms with E-state index in [4.69, 9.17) is 22.1 Å². The molecule has 1 heterocycles. The van der Waals surface area contributed by atoms with Gasteiger partial charge in [0.1, 0.15) is 18.2 Å². The van der Waals surface area contributed by atoms with Gasteiger partial charge in [0.2, 0.25) is 0 Å². The lowest BCUT2D eigenvalue weighted by Crippen LogP contribution is -2.15. The number of aliphatic imine (C=N–C) groups is 1. The van der Waals surface area contributed by atoms with Crippen LogP contribution in [0.3, 0.4) is 0 Å². The zero-order chi connectivity index (χ0) is 19.2. The minimum absolute atomic E-state index is 0. The lowest BCUT2D eigenvalue weighted by atomic mass is 10.2. The summed E-state index contributed by atoms with van der Waals surface area (Å²) in [6, 6.07) is 15.5. The predicted octanol–water partition coefficient (Wildman–Crippen LogP) is 5.76. The first-order chi connectivity index (χ1) is 13.0. The van der Waals surface area contributed by atoms with Crippen LogP contribution >= 0.6 is 48.8 Å². The Labute approximate surface area is 200 Å². The first kappa shape index (κ1) is 28.1. The molecule has 0 atom stereocenters. The van der Waals surface area contributed by atoms with Crippen LogP contribution in [0.5, 0.6) is 5.75 Å². The summed E-state index contributed by atoms with van der Waals surface area (Å²) in [5, 5.41) is 5.09. The van der Waals surface area contributed by atoms with Gasteiger partial charge in [0.05, 0.1) is 5.52 Å². The van der Waals surface area contributed by atoms with Crippen LogP contribution in [0.15, 0.2) is 59.7 Å². The SMILES string of the molecule is CC(C)N=C(N)c1ccc(OCCNc2ccnc3cc(Cl)ccc23)cc1.Cl.Cl.Cl. The van der Waals surface area contributed by atoms with Crippen molar-refractivity contribution in [3.63, 3.8) is 0 Å². The van der Waals surface area contributed by atoms with Crippen LogP contribution in [0.4, 0.5) is 5.69 Å². The summed E-state index contributed by atoms with van der Waals surface area (Å²) in [5.74, 6) is 1.34. The van der Waals surface area contributed by atoms with E-state index in [0.717, 1.165) is 27.9 Å². The third-order valence-electron chi connectivity index (χ3n) is 3.94. The van der Waals surface area contributed by atoms with E-state index in [1.165, 1.54) is 0 Å². The molecule has 164 valence electrons. The van der Waals surface area contributed by atoms with Crippen LogP contribution in [0, 0.1) is 0 Å². The number of pyridine rings is 1. The Bertz CT molecular complexity index is 949. The number of halogens is 4. The third-order valence-corrected chi connectivity index (χ3v) is 4.17. The molecule has 0 saturated carbocycles. The molecule has 0 unspecified atom stereocenters. The van der Waals surface area contributed by atoms with Crippen LogP contribution in [0.25, 0.3) is 10.9 Å². The fourth-order valence-electron chi connectivity index (χ4n) is 2.70. The average molecular weight is 492 g/mol. The van der Waals surface area contributed by atoms with Gasteiger partial charge >= 0.3 is 0 Å². The lowest BCUT2D eigenvalue weighted by Gasteiger charge is -2.11. The number of benzene rings is 2. The molecule has 1 aromatic heterocycles. The van der Waals surface area contributed by atoms with Crippen molar-refractivity contribution in [3.8, 4) is 5.75 Å². The fraction of sp³-hybridized carbons (Fsp3) is 0.238. The normalized spacial score (nSPS) is 10.6. The van der Waals surface area contributed by atoms with Crippen molar-refractivity contribution in [2.24, 2.45) is 10.7 Å². The number of amidine groups is 1. The molecule has 0 fully saturated rings. The Hall–Kier alpha value is -1.92. The maximum Gasteiger partial charge on any atom is 0.125 e. The molecule has 0 aliphatic rings. The maximum atomic E-state index is 6.03. The largest absolute Gasteiger partial charge is 0.492 e. The highest BCUT2D eigenvalue weighted by atomic mass is 35.5. The van der Waals surface area contributed by atoms with Crippen molar-refractivity contribution in [2.75, 3.05) is 18.5 Å². The van der Waals surface area contributed by atoms with Gasteiger partial charge in [-0.1, -0.05) is 11.6 Å². The zero-order valence-electron chi connectivity index (χ0n) is 16.7. The molecule has 0 aliphatic carbocycles. The van der Waals surface area contributed by atoms with Gasteiger partial charge < -0.3 is 15.8 Å². The quantitative estimate of drug-likeness (QED) is 0.250. The van der Waals surface area contributed by atoms with Gasteiger partial charge in [-0.2, -0.15) is 0 Å². The van der Waals surface area contributed by atoms with Crippen LogP contribution < -0.4 is 15.8 Å². The Morgan fingerprint density at radius 3 is 2.47 bits per heavy atom. The van der Waals surface area contributed by atoms with E-state index < -0.39 is 0 Å². The minimum atomic E-state index is 0. The van der Waals surface area contributed by atoms with E-state index in [1.54, 1.807) is 6.20 Å². The summed E-state index contributed by atoms with van der Waals surface area (Å²) >= 11 is 6.03. The molecular weight excluding hydrogens is 466 g/mol. The van der Waals surface area contributed by atoms with Gasteiger partial charge in [0.15, 0.2) is 0 Å². The summed E-state index contributed by atoms with van der Waals surface area (Å²) in [6.07, 6.45) is 1.77. The summed E-state index contributed by atoms with van der Waals surface area (Å²) in [6.45, 7) is 5.20. The Kier molecular flexibility index (Phi) is 12.5. The number of hydrogen-bond acceptors (Lipinski definition) is 4. The van der Waals surface area contributed by atoms with E-state index in [2.05, 4.69) is 15.3 Å². The molecule has 0 aliphatic heterocycles. The van der Waals surface area contributed by atoms with Gasteiger partial charge in [0, 0.05) is 40.4 Å².